The van der Waals surface area contributed by atoms with Crippen LogP contribution in [-0.2, 0) is 17.8 Å². The molecule has 130 valence electrons. The zero-order chi connectivity index (χ0) is 17.8. The largest absolute Gasteiger partial charge is 0.486 e. The summed E-state index contributed by atoms with van der Waals surface area (Å²) in [6, 6.07) is 6.11. The van der Waals surface area contributed by atoms with Crippen molar-refractivity contribution in [3.63, 3.8) is 0 Å². The Labute approximate surface area is 153 Å². The number of hydrogen-bond acceptors (Lipinski definition) is 7. The Balaban J connectivity index is 1.55. The highest BCUT2D eigenvalue weighted by Gasteiger charge is 2.11. The molecule has 0 radical (unpaired) electrons. The Kier molecular flexibility index (Phi) is 5.40. The Morgan fingerprint density at radius 1 is 1.24 bits per heavy atom. The molecule has 6 nitrogen and oxygen atoms in total. The number of benzene rings is 1. The monoisotopic (exact) mass is 374 g/mol. The van der Waals surface area contributed by atoms with Crippen LogP contribution in [0.3, 0.4) is 0 Å². The molecule has 1 aromatic carbocycles. The average molecular weight is 374 g/mol. The van der Waals surface area contributed by atoms with E-state index in [9.17, 15) is 4.79 Å². The van der Waals surface area contributed by atoms with Gasteiger partial charge in [0.25, 0.3) is 0 Å². The number of rotatable bonds is 6. The number of hydrogen-bond donors (Lipinski definition) is 1. The molecule has 0 atom stereocenters. The van der Waals surface area contributed by atoms with Crippen molar-refractivity contribution in [1.82, 2.24) is 15.2 Å². The van der Waals surface area contributed by atoms with Gasteiger partial charge in [-0.2, -0.15) is 0 Å². The molecule has 25 heavy (non-hydrogen) atoms. The summed E-state index contributed by atoms with van der Waals surface area (Å²) in [5.41, 5.74) is 2.97. The van der Waals surface area contributed by atoms with Crippen LogP contribution in [0, 0.1) is 20.8 Å². The number of ether oxygens (including phenoxy) is 1. The highest BCUT2D eigenvalue weighted by atomic mass is 32.1. The van der Waals surface area contributed by atoms with Crippen LogP contribution in [0.25, 0.3) is 0 Å². The molecule has 0 fully saturated rings. The zero-order valence-corrected chi connectivity index (χ0v) is 15.8. The van der Waals surface area contributed by atoms with Crippen molar-refractivity contribution in [3.8, 4) is 5.75 Å². The highest BCUT2D eigenvalue weighted by molar-refractivity contribution is 7.15. The lowest BCUT2D eigenvalue weighted by molar-refractivity contribution is -0.115. The summed E-state index contributed by atoms with van der Waals surface area (Å²) in [6.45, 7) is 6.29. The van der Waals surface area contributed by atoms with Crippen LogP contribution in [0.1, 0.15) is 26.8 Å². The molecule has 0 spiro atoms. The second-order valence-electron chi connectivity index (χ2n) is 5.64. The van der Waals surface area contributed by atoms with Crippen LogP contribution < -0.4 is 10.1 Å². The van der Waals surface area contributed by atoms with Gasteiger partial charge in [0.15, 0.2) is 0 Å². The molecule has 1 amide bonds. The number of aromatic nitrogens is 3. The minimum absolute atomic E-state index is 0.150. The van der Waals surface area contributed by atoms with E-state index in [1.54, 1.807) is 0 Å². The fraction of sp³-hybridized carbons (Fsp3) is 0.294. The van der Waals surface area contributed by atoms with Crippen LogP contribution in [0.15, 0.2) is 23.6 Å². The summed E-state index contributed by atoms with van der Waals surface area (Å²) in [7, 11) is 0. The van der Waals surface area contributed by atoms with Gasteiger partial charge in [0.1, 0.15) is 22.4 Å². The maximum Gasteiger partial charge on any atom is 0.232 e. The van der Waals surface area contributed by atoms with Gasteiger partial charge in [0, 0.05) is 5.38 Å². The standard InChI is InChI=1S/C17H18N4O2S2/c1-10-4-5-11(2)14(6-10)23-8-16-18-13(9-24-16)7-15(22)19-17-21-20-12(3)25-17/h4-6,9H,7-8H2,1-3H3,(H,19,21,22). The van der Waals surface area contributed by atoms with Gasteiger partial charge in [-0.1, -0.05) is 23.5 Å². The van der Waals surface area contributed by atoms with Gasteiger partial charge in [-0.3, -0.25) is 4.79 Å². The number of nitrogens with one attached hydrogen (secondary N) is 1. The minimum atomic E-state index is -0.150. The SMILES string of the molecule is Cc1ccc(C)c(OCc2nc(CC(=O)Nc3nnc(C)s3)cs2)c1. The third kappa shape index (κ3) is 4.83. The number of amides is 1. The van der Waals surface area contributed by atoms with E-state index in [1.165, 1.54) is 22.7 Å². The molecule has 0 unspecified atom stereocenters. The Morgan fingerprint density at radius 3 is 2.84 bits per heavy atom. The molecule has 0 bridgehead atoms. The van der Waals surface area contributed by atoms with Crippen molar-refractivity contribution in [2.24, 2.45) is 0 Å². The van der Waals surface area contributed by atoms with Crippen molar-refractivity contribution in [2.75, 3.05) is 5.32 Å². The maximum atomic E-state index is 12.0. The lowest BCUT2D eigenvalue weighted by Gasteiger charge is -2.08. The van der Waals surface area contributed by atoms with Gasteiger partial charge in [0.2, 0.25) is 11.0 Å². The third-order valence-corrected chi connectivity index (χ3v) is 5.03. The van der Waals surface area contributed by atoms with Gasteiger partial charge in [-0.05, 0) is 38.0 Å². The van der Waals surface area contributed by atoms with Crippen LogP contribution in [0.2, 0.25) is 0 Å². The topological polar surface area (TPSA) is 77.0 Å². The van der Waals surface area contributed by atoms with Gasteiger partial charge < -0.3 is 10.1 Å². The Morgan fingerprint density at radius 2 is 2.08 bits per heavy atom. The number of carbonyl (C=O) groups is 1. The first-order chi connectivity index (χ1) is 12.0. The number of nitrogens with zero attached hydrogens (tertiary/aromatic N) is 3. The van der Waals surface area contributed by atoms with Crippen molar-refractivity contribution in [3.05, 3.63) is 50.4 Å². The number of anilines is 1. The van der Waals surface area contributed by atoms with E-state index in [0.29, 0.717) is 11.7 Å². The lowest BCUT2D eigenvalue weighted by atomic mass is 10.1. The fourth-order valence-electron chi connectivity index (χ4n) is 2.17. The predicted octanol–water partition coefficient (Wildman–Crippen LogP) is 3.68. The highest BCUT2D eigenvalue weighted by Crippen LogP contribution is 2.21. The fourth-order valence-corrected chi connectivity index (χ4v) is 3.49. The zero-order valence-electron chi connectivity index (χ0n) is 14.2. The molecule has 1 N–H and O–H groups in total. The first-order valence-electron chi connectivity index (χ1n) is 7.73. The molecule has 8 heteroatoms. The predicted molar refractivity (Wildman–Crippen MR) is 99.3 cm³/mol. The maximum absolute atomic E-state index is 12.0. The van der Waals surface area contributed by atoms with E-state index < -0.39 is 0 Å². The van der Waals surface area contributed by atoms with E-state index in [1.807, 2.05) is 38.3 Å². The van der Waals surface area contributed by atoms with Crippen molar-refractivity contribution in [2.45, 2.75) is 33.8 Å². The van der Waals surface area contributed by atoms with Gasteiger partial charge >= 0.3 is 0 Å². The second-order valence-corrected chi connectivity index (χ2v) is 7.77. The quantitative estimate of drug-likeness (QED) is 0.712. The summed E-state index contributed by atoms with van der Waals surface area (Å²) in [6.07, 6.45) is 0.207. The smallest absolute Gasteiger partial charge is 0.232 e. The van der Waals surface area contributed by atoms with Crippen molar-refractivity contribution < 1.29 is 9.53 Å². The first kappa shape index (κ1) is 17.5. The summed E-state index contributed by atoms with van der Waals surface area (Å²) in [4.78, 5) is 16.5. The van der Waals surface area contributed by atoms with Crippen LogP contribution >= 0.6 is 22.7 Å². The second kappa shape index (κ2) is 7.71. The van der Waals surface area contributed by atoms with E-state index in [4.69, 9.17) is 4.74 Å². The number of thiazole rings is 1. The molecule has 3 aromatic rings. The molecule has 0 saturated carbocycles. The Bertz CT molecular complexity index is 888. The van der Waals surface area contributed by atoms with Crippen LogP contribution in [0.4, 0.5) is 5.13 Å². The minimum Gasteiger partial charge on any atom is -0.486 e. The van der Waals surface area contributed by atoms with Gasteiger partial charge in [-0.25, -0.2) is 4.98 Å². The normalized spacial score (nSPS) is 10.7. The number of aryl methyl sites for hydroxylation is 3. The molecule has 2 aromatic heterocycles. The summed E-state index contributed by atoms with van der Waals surface area (Å²) in [5.74, 6) is 0.713. The van der Waals surface area contributed by atoms with E-state index in [2.05, 4.69) is 26.6 Å². The molecule has 3 rings (SSSR count). The van der Waals surface area contributed by atoms with Gasteiger partial charge in [0.05, 0.1) is 12.1 Å². The molecular formula is C17H18N4O2S2. The van der Waals surface area contributed by atoms with Crippen LogP contribution in [-0.4, -0.2) is 21.1 Å². The summed E-state index contributed by atoms with van der Waals surface area (Å²) in [5, 5.41) is 14.5. The first-order valence-corrected chi connectivity index (χ1v) is 9.42. The van der Waals surface area contributed by atoms with Crippen molar-refractivity contribution in [1.29, 1.82) is 0 Å². The lowest BCUT2D eigenvalue weighted by Crippen LogP contribution is -2.14. The van der Waals surface area contributed by atoms with E-state index >= 15 is 0 Å². The Hall–Kier alpha value is -2.32. The molecular weight excluding hydrogens is 356 g/mol. The van der Waals surface area contributed by atoms with Crippen LogP contribution in [0.5, 0.6) is 5.75 Å². The van der Waals surface area contributed by atoms with E-state index in [0.717, 1.165) is 32.6 Å². The van der Waals surface area contributed by atoms with Gasteiger partial charge in [-0.15, -0.1) is 21.5 Å². The average Bonchev–Trinajstić information content (AvgIpc) is 3.17. The number of carbonyl (C=O) groups excluding carboxylic acids is 1. The summed E-state index contributed by atoms with van der Waals surface area (Å²) < 4.78 is 5.85. The summed E-state index contributed by atoms with van der Waals surface area (Å²) >= 11 is 2.84. The van der Waals surface area contributed by atoms with E-state index in [-0.39, 0.29) is 12.3 Å². The molecule has 2 heterocycles. The molecule has 0 saturated heterocycles. The molecule has 0 aliphatic heterocycles. The molecule has 0 aliphatic rings. The molecule has 0 aliphatic carbocycles. The van der Waals surface area contributed by atoms with Crippen molar-refractivity contribution >= 4 is 33.7 Å². The third-order valence-electron chi connectivity index (χ3n) is 3.41.